The molecule has 1 aliphatic carbocycles. The lowest BCUT2D eigenvalue weighted by atomic mass is 9.96. The molecule has 0 radical (unpaired) electrons. The molecule has 2 rings (SSSR count). The first-order valence-electron chi connectivity index (χ1n) is 8.87. The van der Waals surface area contributed by atoms with Crippen LogP contribution in [0.4, 0.5) is 0 Å². The molecule has 0 atom stereocenters. The molecule has 130 valence electrons. The van der Waals surface area contributed by atoms with Crippen LogP contribution in [0.2, 0.25) is 0 Å². The maximum Gasteiger partial charge on any atom is 0.167 e. The second-order valence-corrected chi connectivity index (χ2v) is 7.50. The molecule has 0 spiro atoms. The first kappa shape index (κ1) is 18.6. The summed E-state index contributed by atoms with van der Waals surface area (Å²) in [6.45, 7) is 4.91. The second kappa shape index (κ2) is 9.53. The zero-order valence-corrected chi connectivity index (χ0v) is 16.2. The summed E-state index contributed by atoms with van der Waals surface area (Å²) in [5, 5.41) is 3.75. The molecule has 1 aromatic carbocycles. The van der Waals surface area contributed by atoms with Crippen molar-refractivity contribution in [2.24, 2.45) is 0 Å². The standard InChI is InChI=1S/C19H30BrNO2/c1-14(2)23-19-16(17(20)11-12-18(19)22-3)13-21-15-9-7-5-4-6-8-10-15/h11-12,14-15,21H,4-10,13H2,1-3H3. The first-order chi connectivity index (χ1) is 11.1. The Morgan fingerprint density at radius 2 is 1.78 bits per heavy atom. The summed E-state index contributed by atoms with van der Waals surface area (Å²) in [5.74, 6) is 1.66. The Balaban J connectivity index is 2.10. The van der Waals surface area contributed by atoms with Crippen molar-refractivity contribution in [2.75, 3.05) is 7.11 Å². The quantitative estimate of drug-likeness (QED) is 0.708. The molecule has 0 unspecified atom stereocenters. The van der Waals surface area contributed by atoms with Crippen molar-refractivity contribution in [1.29, 1.82) is 0 Å². The predicted octanol–water partition coefficient (Wildman–Crippen LogP) is 5.45. The average Bonchev–Trinajstić information content (AvgIpc) is 2.48. The van der Waals surface area contributed by atoms with Crippen molar-refractivity contribution in [3.63, 3.8) is 0 Å². The van der Waals surface area contributed by atoms with Gasteiger partial charge in [-0.3, -0.25) is 0 Å². The number of ether oxygens (including phenoxy) is 2. The first-order valence-corrected chi connectivity index (χ1v) is 9.66. The Bertz CT molecular complexity index is 483. The second-order valence-electron chi connectivity index (χ2n) is 6.65. The van der Waals surface area contributed by atoms with Gasteiger partial charge in [-0.1, -0.05) is 48.0 Å². The summed E-state index contributed by atoms with van der Waals surface area (Å²) in [6.07, 6.45) is 9.52. The molecule has 0 aromatic heterocycles. The summed E-state index contributed by atoms with van der Waals surface area (Å²) in [4.78, 5) is 0. The molecule has 1 fully saturated rings. The van der Waals surface area contributed by atoms with E-state index >= 15 is 0 Å². The maximum absolute atomic E-state index is 6.04. The third-order valence-corrected chi connectivity index (χ3v) is 5.16. The van der Waals surface area contributed by atoms with Crippen LogP contribution in [-0.2, 0) is 6.54 Å². The summed E-state index contributed by atoms with van der Waals surface area (Å²) in [7, 11) is 1.70. The van der Waals surface area contributed by atoms with Crippen molar-refractivity contribution in [1.82, 2.24) is 5.32 Å². The fourth-order valence-electron chi connectivity index (χ4n) is 3.18. The van der Waals surface area contributed by atoms with Crippen molar-refractivity contribution in [2.45, 2.75) is 77.5 Å². The van der Waals surface area contributed by atoms with E-state index in [-0.39, 0.29) is 6.10 Å². The maximum atomic E-state index is 6.04. The number of rotatable bonds is 6. The van der Waals surface area contributed by atoms with Gasteiger partial charge in [0.05, 0.1) is 13.2 Å². The molecule has 4 heteroatoms. The van der Waals surface area contributed by atoms with Gasteiger partial charge in [-0.25, -0.2) is 0 Å². The van der Waals surface area contributed by atoms with Crippen LogP contribution in [0.3, 0.4) is 0 Å². The van der Waals surface area contributed by atoms with Crippen LogP contribution in [0.1, 0.15) is 64.4 Å². The highest BCUT2D eigenvalue weighted by Gasteiger charge is 2.18. The minimum Gasteiger partial charge on any atom is -0.493 e. The van der Waals surface area contributed by atoms with Crippen LogP contribution in [0.15, 0.2) is 16.6 Å². The molecular weight excluding hydrogens is 354 g/mol. The third kappa shape index (κ3) is 5.68. The zero-order valence-electron chi connectivity index (χ0n) is 14.7. The van der Waals surface area contributed by atoms with Crippen molar-refractivity contribution in [3.8, 4) is 11.5 Å². The van der Waals surface area contributed by atoms with Crippen LogP contribution in [0.25, 0.3) is 0 Å². The molecule has 1 aromatic rings. The Labute approximate surface area is 149 Å². The molecule has 23 heavy (non-hydrogen) atoms. The fraction of sp³-hybridized carbons (Fsp3) is 0.684. The topological polar surface area (TPSA) is 30.5 Å². The lowest BCUT2D eigenvalue weighted by molar-refractivity contribution is 0.226. The number of hydrogen-bond acceptors (Lipinski definition) is 3. The van der Waals surface area contributed by atoms with Gasteiger partial charge in [0, 0.05) is 22.6 Å². The van der Waals surface area contributed by atoms with Crippen molar-refractivity contribution < 1.29 is 9.47 Å². The third-order valence-electron chi connectivity index (χ3n) is 4.41. The van der Waals surface area contributed by atoms with E-state index < -0.39 is 0 Å². The van der Waals surface area contributed by atoms with E-state index in [4.69, 9.17) is 9.47 Å². The average molecular weight is 384 g/mol. The van der Waals surface area contributed by atoms with E-state index in [1.54, 1.807) is 7.11 Å². The van der Waals surface area contributed by atoms with Crippen molar-refractivity contribution in [3.05, 3.63) is 22.2 Å². The van der Waals surface area contributed by atoms with Gasteiger partial charge in [-0.15, -0.1) is 0 Å². The Morgan fingerprint density at radius 3 is 2.39 bits per heavy atom. The Hall–Kier alpha value is -0.740. The zero-order chi connectivity index (χ0) is 16.7. The van der Waals surface area contributed by atoms with Gasteiger partial charge in [-0.2, -0.15) is 0 Å². The van der Waals surface area contributed by atoms with Gasteiger partial charge >= 0.3 is 0 Å². The van der Waals surface area contributed by atoms with E-state index in [0.717, 1.165) is 28.1 Å². The summed E-state index contributed by atoms with van der Waals surface area (Å²) in [6, 6.07) is 4.61. The van der Waals surface area contributed by atoms with Gasteiger partial charge in [0.2, 0.25) is 0 Å². The van der Waals surface area contributed by atoms with Crippen LogP contribution >= 0.6 is 15.9 Å². The molecule has 0 aliphatic heterocycles. The molecule has 1 aliphatic rings. The molecule has 1 saturated carbocycles. The summed E-state index contributed by atoms with van der Waals surface area (Å²) in [5.41, 5.74) is 1.15. The number of hydrogen-bond donors (Lipinski definition) is 1. The normalized spacial score (nSPS) is 16.9. The van der Waals surface area contributed by atoms with Crippen LogP contribution in [0.5, 0.6) is 11.5 Å². The van der Waals surface area contributed by atoms with E-state index in [1.165, 1.54) is 44.9 Å². The summed E-state index contributed by atoms with van der Waals surface area (Å²) >= 11 is 3.68. The molecule has 0 saturated heterocycles. The van der Waals surface area contributed by atoms with Gasteiger partial charge in [0.25, 0.3) is 0 Å². The van der Waals surface area contributed by atoms with Gasteiger partial charge in [0.15, 0.2) is 11.5 Å². The van der Waals surface area contributed by atoms with E-state index in [9.17, 15) is 0 Å². The summed E-state index contributed by atoms with van der Waals surface area (Å²) < 4.78 is 12.6. The van der Waals surface area contributed by atoms with E-state index in [2.05, 4.69) is 21.2 Å². The molecule has 0 bridgehead atoms. The molecule has 0 amide bonds. The number of nitrogens with one attached hydrogen (secondary N) is 1. The van der Waals surface area contributed by atoms with Gasteiger partial charge < -0.3 is 14.8 Å². The fourth-order valence-corrected chi connectivity index (χ4v) is 3.63. The highest BCUT2D eigenvalue weighted by atomic mass is 79.9. The minimum absolute atomic E-state index is 0.123. The largest absolute Gasteiger partial charge is 0.493 e. The van der Waals surface area contributed by atoms with Gasteiger partial charge in [0.1, 0.15) is 0 Å². The number of halogens is 1. The van der Waals surface area contributed by atoms with Gasteiger partial charge in [-0.05, 0) is 38.8 Å². The minimum atomic E-state index is 0.123. The van der Waals surface area contributed by atoms with Crippen molar-refractivity contribution >= 4 is 15.9 Å². The number of methoxy groups -OCH3 is 1. The predicted molar refractivity (Wildman–Crippen MR) is 99.4 cm³/mol. The Kier molecular flexibility index (Phi) is 7.71. The monoisotopic (exact) mass is 383 g/mol. The number of benzene rings is 1. The van der Waals surface area contributed by atoms with Crippen LogP contribution in [-0.4, -0.2) is 19.3 Å². The molecule has 0 heterocycles. The highest BCUT2D eigenvalue weighted by molar-refractivity contribution is 9.10. The molecule has 1 N–H and O–H groups in total. The SMILES string of the molecule is COc1ccc(Br)c(CNC2CCCCCCC2)c1OC(C)C. The van der Waals surface area contributed by atoms with Crippen LogP contribution in [0, 0.1) is 0 Å². The molecule has 3 nitrogen and oxygen atoms in total. The smallest absolute Gasteiger partial charge is 0.167 e. The lowest BCUT2D eigenvalue weighted by Gasteiger charge is -2.23. The highest BCUT2D eigenvalue weighted by Crippen LogP contribution is 2.37. The Morgan fingerprint density at radius 1 is 1.13 bits per heavy atom. The lowest BCUT2D eigenvalue weighted by Crippen LogP contribution is -2.29. The van der Waals surface area contributed by atoms with Crippen LogP contribution < -0.4 is 14.8 Å². The molecular formula is C19H30BrNO2. The van der Waals surface area contributed by atoms with E-state index in [0.29, 0.717) is 6.04 Å². The van der Waals surface area contributed by atoms with E-state index in [1.807, 2.05) is 26.0 Å².